The summed E-state index contributed by atoms with van der Waals surface area (Å²) >= 11 is 3.66. The van der Waals surface area contributed by atoms with Crippen molar-refractivity contribution >= 4 is 15.9 Å². The van der Waals surface area contributed by atoms with Crippen LogP contribution in [0.1, 0.15) is 44.5 Å². The summed E-state index contributed by atoms with van der Waals surface area (Å²) in [5, 5.41) is 0. The van der Waals surface area contributed by atoms with E-state index in [1.807, 2.05) is 0 Å². The summed E-state index contributed by atoms with van der Waals surface area (Å²) in [7, 11) is 1.61. The van der Waals surface area contributed by atoms with Crippen LogP contribution in [0.25, 0.3) is 0 Å². The molecule has 0 radical (unpaired) electrons. The maximum atomic E-state index is 13.3. The third-order valence-electron chi connectivity index (χ3n) is 3.57. The summed E-state index contributed by atoms with van der Waals surface area (Å²) in [6.45, 7) is 8.89. The van der Waals surface area contributed by atoms with E-state index in [4.69, 9.17) is 4.74 Å². The van der Waals surface area contributed by atoms with Gasteiger partial charge in [-0.3, -0.25) is 0 Å². The van der Waals surface area contributed by atoms with E-state index in [9.17, 15) is 4.39 Å². The first-order valence-electron chi connectivity index (χ1n) is 6.23. The van der Waals surface area contributed by atoms with Crippen molar-refractivity contribution in [3.63, 3.8) is 0 Å². The van der Waals surface area contributed by atoms with Gasteiger partial charge >= 0.3 is 0 Å². The molecule has 1 rings (SSSR count). The Hall–Kier alpha value is -0.570. The quantitative estimate of drug-likeness (QED) is 0.681. The maximum Gasteiger partial charge on any atom is 0.123 e. The second kappa shape index (κ2) is 6.05. The molecule has 0 aliphatic rings. The van der Waals surface area contributed by atoms with Crippen molar-refractivity contribution in [1.82, 2.24) is 0 Å². The predicted octanol–water partition coefficient (Wildman–Crippen LogP) is 5.34. The summed E-state index contributed by atoms with van der Waals surface area (Å²) < 4.78 is 18.6. The van der Waals surface area contributed by atoms with Crippen molar-refractivity contribution in [1.29, 1.82) is 0 Å². The molecule has 18 heavy (non-hydrogen) atoms. The lowest BCUT2D eigenvalue weighted by Crippen LogP contribution is -2.18. The van der Waals surface area contributed by atoms with Crippen LogP contribution in [0, 0.1) is 17.2 Å². The first-order chi connectivity index (χ1) is 8.25. The van der Waals surface area contributed by atoms with Gasteiger partial charge < -0.3 is 4.74 Å². The Kier molecular flexibility index (Phi) is 5.20. The first kappa shape index (κ1) is 15.5. The fourth-order valence-electron chi connectivity index (χ4n) is 1.74. The molecular formula is C15H22BrFO. The molecule has 102 valence electrons. The molecule has 1 nitrogen and oxygen atoms in total. The standard InChI is InChI=1S/C15H22BrFO/c1-10(15(2,3)4)8-13(16)12-9-11(17)6-7-14(12)18-5/h6-7,9-10,13H,8H2,1-5H3. The minimum atomic E-state index is -0.223. The van der Waals surface area contributed by atoms with Gasteiger partial charge in [-0.25, -0.2) is 4.39 Å². The Balaban J connectivity index is 2.90. The number of alkyl halides is 1. The minimum Gasteiger partial charge on any atom is -0.496 e. The highest BCUT2D eigenvalue weighted by Gasteiger charge is 2.24. The van der Waals surface area contributed by atoms with Crippen LogP contribution >= 0.6 is 15.9 Å². The minimum absolute atomic E-state index is 0.109. The van der Waals surface area contributed by atoms with Gasteiger partial charge in [-0.05, 0) is 36.0 Å². The van der Waals surface area contributed by atoms with Crippen LogP contribution in [0.4, 0.5) is 4.39 Å². The molecule has 0 amide bonds. The molecule has 0 bridgehead atoms. The Labute approximate surface area is 118 Å². The van der Waals surface area contributed by atoms with E-state index in [1.165, 1.54) is 6.07 Å². The number of hydrogen-bond acceptors (Lipinski definition) is 1. The van der Waals surface area contributed by atoms with E-state index in [-0.39, 0.29) is 16.1 Å². The van der Waals surface area contributed by atoms with E-state index < -0.39 is 0 Å². The Bertz CT molecular complexity index is 398. The van der Waals surface area contributed by atoms with Gasteiger partial charge in [0.2, 0.25) is 0 Å². The van der Waals surface area contributed by atoms with Gasteiger partial charge in [0.05, 0.1) is 7.11 Å². The molecule has 0 aromatic heterocycles. The predicted molar refractivity (Wildman–Crippen MR) is 77.9 cm³/mol. The molecule has 3 heteroatoms. The van der Waals surface area contributed by atoms with Crippen LogP contribution in [0.15, 0.2) is 18.2 Å². The average molecular weight is 317 g/mol. The van der Waals surface area contributed by atoms with Crippen LogP contribution in [0.2, 0.25) is 0 Å². The van der Waals surface area contributed by atoms with Crippen molar-refractivity contribution in [2.45, 2.75) is 38.9 Å². The highest BCUT2D eigenvalue weighted by atomic mass is 79.9. The summed E-state index contributed by atoms with van der Waals surface area (Å²) in [5.41, 5.74) is 1.13. The molecule has 0 saturated heterocycles. The molecular weight excluding hydrogens is 295 g/mol. The number of benzene rings is 1. The molecule has 0 heterocycles. The fourth-order valence-corrected chi connectivity index (χ4v) is 2.66. The molecule has 1 aromatic rings. The normalized spacial score (nSPS) is 15.3. The van der Waals surface area contributed by atoms with Crippen molar-refractivity contribution in [3.8, 4) is 5.75 Å². The molecule has 0 saturated carbocycles. The first-order valence-corrected chi connectivity index (χ1v) is 7.14. The maximum absolute atomic E-state index is 13.3. The second-order valence-corrected chi connectivity index (χ2v) is 6.96. The van der Waals surface area contributed by atoms with Crippen LogP contribution in [-0.2, 0) is 0 Å². The topological polar surface area (TPSA) is 9.23 Å². The molecule has 0 N–H and O–H groups in total. The molecule has 0 fully saturated rings. The van der Waals surface area contributed by atoms with Crippen molar-refractivity contribution in [2.24, 2.45) is 11.3 Å². The highest BCUT2D eigenvalue weighted by molar-refractivity contribution is 9.09. The fraction of sp³-hybridized carbons (Fsp3) is 0.600. The van der Waals surface area contributed by atoms with Gasteiger partial charge in [-0.15, -0.1) is 0 Å². The third kappa shape index (κ3) is 3.98. The Morgan fingerprint density at radius 2 is 1.94 bits per heavy atom. The molecule has 1 aromatic carbocycles. The lowest BCUT2D eigenvalue weighted by atomic mass is 9.79. The van der Waals surface area contributed by atoms with Crippen LogP contribution < -0.4 is 4.74 Å². The van der Waals surface area contributed by atoms with Crippen molar-refractivity contribution < 1.29 is 9.13 Å². The monoisotopic (exact) mass is 316 g/mol. The summed E-state index contributed by atoms with van der Waals surface area (Å²) in [6.07, 6.45) is 0.948. The smallest absolute Gasteiger partial charge is 0.123 e. The lowest BCUT2D eigenvalue weighted by molar-refractivity contribution is 0.246. The summed E-state index contributed by atoms with van der Waals surface area (Å²) in [4.78, 5) is 0.109. The Morgan fingerprint density at radius 1 is 1.33 bits per heavy atom. The Morgan fingerprint density at radius 3 is 2.44 bits per heavy atom. The number of ether oxygens (including phenoxy) is 1. The largest absolute Gasteiger partial charge is 0.496 e. The van der Waals surface area contributed by atoms with Gasteiger partial charge in [0.15, 0.2) is 0 Å². The molecule has 2 atom stereocenters. The van der Waals surface area contributed by atoms with Crippen molar-refractivity contribution in [3.05, 3.63) is 29.6 Å². The van der Waals surface area contributed by atoms with E-state index in [2.05, 4.69) is 43.6 Å². The summed E-state index contributed by atoms with van der Waals surface area (Å²) in [6, 6.07) is 4.66. The third-order valence-corrected chi connectivity index (χ3v) is 4.44. The molecule has 2 unspecified atom stereocenters. The van der Waals surface area contributed by atoms with E-state index >= 15 is 0 Å². The number of halogens is 2. The van der Waals surface area contributed by atoms with Gasteiger partial charge in [0.1, 0.15) is 11.6 Å². The van der Waals surface area contributed by atoms with Gasteiger partial charge in [0, 0.05) is 10.4 Å². The highest BCUT2D eigenvalue weighted by Crippen LogP contribution is 2.40. The van der Waals surface area contributed by atoms with E-state index in [1.54, 1.807) is 19.2 Å². The SMILES string of the molecule is COc1ccc(F)cc1C(Br)CC(C)C(C)(C)C. The second-order valence-electron chi connectivity index (χ2n) is 5.86. The van der Waals surface area contributed by atoms with Crippen LogP contribution in [0.5, 0.6) is 5.75 Å². The van der Waals surface area contributed by atoms with Gasteiger partial charge in [0.25, 0.3) is 0 Å². The molecule has 0 spiro atoms. The molecule has 0 aliphatic heterocycles. The molecule has 0 aliphatic carbocycles. The number of rotatable bonds is 4. The van der Waals surface area contributed by atoms with E-state index in [0.717, 1.165) is 17.7 Å². The zero-order valence-corrected chi connectivity index (χ0v) is 13.3. The van der Waals surface area contributed by atoms with Crippen molar-refractivity contribution in [2.75, 3.05) is 7.11 Å². The van der Waals surface area contributed by atoms with Gasteiger partial charge in [-0.1, -0.05) is 43.6 Å². The van der Waals surface area contributed by atoms with Crippen LogP contribution in [0.3, 0.4) is 0 Å². The summed E-state index contributed by atoms with van der Waals surface area (Å²) in [5.74, 6) is 1.04. The number of hydrogen-bond donors (Lipinski definition) is 0. The zero-order valence-electron chi connectivity index (χ0n) is 11.8. The van der Waals surface area contributed by atoms with Crippen LogP contribution in [-0.4, -0.2) is 7.11 Å². The zero-order chi connectivity index (χ0) is 13.9. The average Bonchev–Trinajstić information content (AvgIpc) is 2.27. The van der Waals surface area contributed by atoms with E-state index in [0.29, 0.717) is 5.92 Å². The van der Waals surface area contributed by atoms with Gasteiger partial charge in [-0.2, -0.15) is 0 Å². The number of methoxy groups -OCH3 is 1. The lowest BCUT2D eigenvalue weighted by Gasteiger charge is -2.29.